The highest BCUT2D eigenvalue weighted by atomic mass is 16.5. The molecule has 0 aliphatic carbocycles. The molecule has 0 amide bonds. The molecule has 5 rings (SSSR count). The van der Waals surface area contributed by atoms with Gasteiger partial charge in [-0.3, -0.25) is 0 Å². The number of esters is 1. The van der Waals surface area contributed by atoms with Crippen molar-refractivity contribution in [1.29, 1.82) is 0 Å². The number of anilines is 3. The standard InChI is InChI=1S/C31H37N3O3/c1-3-37-30(35)25-9-11-27(12-10-25)33-21-23-34(24-22-33)29-15-13-28(14-16-29)32-19-17-31(36-2,18-20-32)26-7-5-4-6-8-26/h4-16H,3,17-24H2,1-2H3. The van der Waals surface area contributed by atoms with Crippen molar-refractivity contribution < 1.29 is 14.3 Å². The topological polar surface area (TPSA) is 45.2 Å². The molecular formula is C31H37N3O3. The van der Waals surface area contributed by atoms with Crippen molar-refractivity contribution in [3.8, 4) is 0 Å². The Hall–Kier alpha value is -3.51. The van der Waals surface area contributed by atoms with E-state index in [1.54, 1.807) is 0 Å². The molecule has 0 bridgehead atoms. The molecule has 0 unspecified atom stereocenters. The monoisotopic (exact) mass is 499 g/mol. The highest BCUT2D eigenvalue weighted by molar-refractivity contribution is 5.89. The fourth-order valence-corrected chi connectivity index (χ4v) is 5.60. The highest BCUT2D eigenvalue weighted by Crippen LogP contribution is 2.37. The summed E-state index contributed by atoms with van der Waals surface area (Å²) in [7, 11) is 1.84. The summed E-state index contributed by atoms with van der Waals surface area (Å²) in [5, 5.41) is 0. The van der Waals surface area contributed by atoms with Gasteiger partial charge in [0.25, 0.3) is 0 Å². The lowest BCUT2D eigenvalue weighted by molar-refractivity contribution is -0.0346. The number of methoxy groups -OCH3 is 1. The minimum atomic E-state index is -0.263. The molecule has 0 N–H and O–H groups in total. The number of carbonyl (C=O) groups excluding carboxylic acids is 1. The molecule has 6 nitrogen and oxygen atoms in total. The van der Waals surface area contributed by atoms with E-state index < -0.39 is 0 Å². The van der Waals surface area contributed by atoms with Crippen LogP contribution in [-0.2, 0) is 15.1 Å². The summed E-state index contributed by atoms with van der Waals surface area (Å²) in [6.45, 7) is 8.02. The molecule has 2 heterocycles. The predicted molar refractivity (Wildman–Crippen MR) is 150 cm³/mol. The predicted octanol–water partition coefficient (Wildman–Crippen LogP) is 5.33. The van der Waals surface area contributed by atoms with Gasteiger partial charge in [0.2, 0.25) is 0 Å². The maximum Gasteiger partial charge on any atom is 0.338 e. The molecule has 0 radical (unpaired) electrons. The van der Waals surface area contributed by atoms with E-state index in [-0.39, 0.29) is 11.6 Å². The first-order valence-electron chi connectivity index (χ1n) is 13.3. The lowest BCUT2D eigenvalue weighted by atomic mass is 9.84. The van der Waals surface area contributed by atoms with Gasteiger partial charge in [0, 0.05) is 63.4 Å². The Morgan fingerprint density at radius 1 is 0.703 bits per heavy atom. The number of piperidine rings is 1. The normalized spacial score (nSPS) is 17.5. The van der Waals surface area contributed by atoms with E-state index in [9.17, 15) is 4.79 Å². The third-order valence-electron chi connectivity index (χ3n) is 7.87. The van der Waals surface area contributed by atoms with Gasteiger partial charge < -0.3 is 24.2 Å². The largest absolute Gasteiger partial charge is 0.462 e. The number of hydrogen-bond donors (Lipinski definition) is 0. The quantitative estimate of drug-likeness (QED) is 0.410. The second-order valence-corrected chi connectivity index (χ2v) is 9.81. The molecule has 0 aromatic heterocycles. The molecule has 0 atom stereocenters. The SMILES string of the molecule is CCOC(=O)c1ccc(N2CCN(c3ccc(N4CCC(OC)(c5ccccc5)CC4)cc3)CC2)cc1. The van der Waals surface area contributed by atoms with Crippen LogP contribution in [0.3, 0.4) is 0 Å². The Morgan fingerprint density at radius 3 is 1.62 bits per heavy atom. The molecule has 6 heteroatoms. The van der Waals surface area contributed by atoms with Crippen molar-refractivity contribution in [2.24, 2.45) is 0 Å². The molecular weight excluding hydrogens is 462 g/mol. The molecule has 2 saturated heterocycles. The van der Waals surface area contributed by atoms with E-state index in [4.69, 9.17) is 9.47 Å². The number of piperazine rings is 1. The molecule has 2 aliphatic rings. The average Bonchev–Trinajstić information content (AvgIpc) is 2.98. The zero-order valence-electron chi connectivity index (χ0n) is 21.9. The molecule has 3 aromatic carbocycles. The molecule has 194 valence electrons. The lowest BCUT2D eigenvalue weighted by Gasteiger charge is -2.42. The van der Waals surface area contributed by atoms with Gasteiger partial charge in [-0.05, 0) is 73.9 Å². The van der Waals surface area contributed by atoms with Crippen LogP contribution in [0.15, 0.2) is 78.9 Å². The van der Waals surface area contributed by atoms with Crippen LogP contribution in [0.1, 0.15) is 35.7 Å². The maximum absolute atomic E-state index is 11.9. The Kier molecular flexibility index (Phi) is 7.65. The second kappa shape index (κ2) is 11.3. The van der Waals surface area contributed by atoms with E-state index in [2.05, 4.69) is 69.3 Å². The minimum absolute atomic E-state index is 0.184. The minimum Gasteiger partial charge on any atom is -0.462 e. The zero-order chi connectivity index (χ0) is 25.7. The fraction of sp³-hybridized carbons (Fsp3) is 0.387. The van der Waals surface area contributed by atoms with E-state index in [0.29, 0.717) is 12.2 Å². The van der Waals surface area contributed by atoms with E-state index in [1.807, 2.05) is 38.3 Å². The van der Waals surface area contributed by atoms with Gasteiger partial charge in [0.15, 0.2) is 0 Å². The van der Waals surface area contributed by atoms with E-state index in [1.165, 1.54) is 16.9 Å². The Bertz CT molecular complexity index is 1150. The van der Waals surface area contributed by atoms with Crippen LogP contribution < -0.4 is 14.7 Å². The average molecular weight is 500 g/mol. The first kappa shape index (κ1) is 25.2. The van der Waals surface area contributed by atoms with Gasteiger partial charge in [0.05, 0.1) is 17.8 Å². The highest BCUT2D eigenvalue weighted by Gasteiger charge is 2.36. The lowest BCUT2D eigenvalue weighted by Crippen LogP contribution is -2.46. The van der Waals surface area contributed by atoms with Gasteiger partial charge in [0.1, 0.15) is 0 Å². The van der Waals surface area contributed by atoms with E-state index >= 15 is 0 Å². The van der Waals surface area contributed by atoms with Crippen LogP contribution in [0.2, 0.25) is 0 Å². The van der Waals surface area contributed by atoms with Crippen molar-refractivity contribution >= 4 is 23.0 Å². The second-order valence-electron chi connectivity index (χ2n) is 9.81. The molecule has 3 aromatic rings. The zero-order valence-corrected chi connectivity index (χ0v) is 21.9. The summed E-state index contributed by atoms with van der Waals surface area (Å²) in [4.78, 5) is 19.2. The third-order valence-corrected chi connectivity index (χ3v) is 7.87. The Morgan fingerprint density at radius 2 is 1.16 bits per heavy atom. The number of carbonyl (C=O) groups is 1. The van der Waals surface area contributed by atoms with Gasteiger partial charge in [-0.1, -0.05) is 30.3 Å². The van der Waals surface area contributed by atoms with Crippen molar-refractivity contribution in [3.05, 3.63) is 90.0 Å². The molecule has 2 aliphatic heterocycles. The summed E-state index contributed by atoms with van der Waals surface area (Å²) in [6.07, 6.45) is 1.97. The van der Waals surface area contributed by atoms with Crippen LogP contribution >= 0.6 is 0 Å². The fourth-order valence-electron chi connectivity index (χ4n) is 5.60. The van der Waals surface area contributed by atoms with Crippen molar-refractivity contribution in [1.82, 2.24) is 0 Å². The molecule has 37 heavy (non-hydrogen) atoms. The van der Waals surface area contributed by atoms with E-state index in [0.717, 1.165) is 57.8 Å². The van der Waals surface area contributed by atoms with Crippen LogP contribution in [-0.4, -0.2) is 59.0 Å². The third kappa shape index (κ3) is 5.44. The number of nitrogens with zero attached hydrogens (tertiary/aromatic N) is 3. The van der Waals surface area contributed by atoms with Crippen LogP contribution in [0, 0.1) is 0 Å². The summed E-state index contributed by atoms with van der Waals surface area (Å²) < 4.78 is 11.1. The van der Waals surface area contributed by atoms with Gasteiger partial charge in [-0.25, -0.2) is 4.79 Å². The first-order chi connectivity index (χ1) is 18.1. The summed E-state index contributed by atoms with van der Waals surface area (Å²) in [5.74, 6) is -0.263. The van der Waals surface area contributed by atoms with Crippen molar-refractivity contribution in [2.75, 3.05) is 67.7 Å². The smallest absolute Gasteiger partial charge is 0.338 e. The molecule has 0 spiro atoms. The van der Waals surface area contributed by atoms with Crippen molar-refractivity contribution in [2.45, 2.75) is 25.4 Å². The number of ether oxygens (including phenoxy) is 2. The van der Waals surface area contributed by atoms with Crippen LogP contribution in [0.4, 0.5) is 17.1 Å². The number of hydrogen-bond acceptors (Lipinski definition) is 6. The number of benzene rings is 3. The Balaban J connectivity index is 1.15. The summed E-state index contributed by atoms with van der Waals surface area (Å²) in [6, 6.07) is 27.4. The molecule has 0 saturated carbocycles. The van der Waals surface area contributed by atoms with Crippen molar-refractivity contribution in [3.63, 3.8) is 0 Å². The van der Waals surface area contributed by atoms with Crippen LogP contribution in [0.5, 0.6) is 0 Å². The van der Waals surface area contributed by atoms with Gasteiger partial charge >= 0.3 is 5.97 Å². The van der Waals surface area contributed by atoms with Crippen LogP contribution in [0.25, 0.3) is 0 Å². The van der Waals surface area contributed by atoms with Gasteiger partial charge in [-0.2, -0.15) is 0 Å². The molecule has 2 fully saturated rings. The maximum atomic E-state index is 11.9. The number of rotatable bonds is 7. The first-order valence-corrected chi connectivity index (χ1v) is 13.3. The Labute approximate surface area is 220 Å². The van der Waals surface area contributed by atoms with Gasteiger partial charge in [-0.15, -0.1) is 0 Å². The summed E-state index contributed by atoms with van der Waals surface area (Å²) >= 11 is 0. The summed E-state index contributed by atoms with van der Waals surface area (Å²) in [5.41, 5.74) is 5.40.